The van der Waals surface area contributed by atoms with E-state index in [1.165, 1.54) is 23.6 Å². The lowest BCUT2D eigenvalue weighted by atomic mass is 9.96. The summed E-state index contributed by atoms with van der Waals surface area (Å²) >= 11 is 3.66. The first-order chi connectivity index (χ1) is 11.3. The first-order valence-electron chi connectivity index (χ1n) is 8.89. The Labute approximate surface area is 157 Å². The molecule has 0 saturated carbocycles. The quantitative estimate of drug-likeness (QED) is 0.465. The maximum atomic E-state index is 2.61. The Balaban J connectivity index is 2.38. The molecule has 4 heteroatoms. The minimum atomic E-state index is -1.56. The highest BCUT2D eigenvalue weighted by Crippen LogP contribution is 2.53. The molecule has 0 nitrogen and oxygen atoms in total. The lowest BCUT2D eigenvalue weighted by molar-refractivity contribution is 1.18. The van der Waals surface area contributed by atoms with E-state index in [1.54, 1.807) is 16.3 Å². The van der Waals surface area contributed by atoms with Gasteiger partial charge in [0.15, 0.2) is 0 Å². The van der Waals surface area contributed by atoms with Crippen LogP contribution in [0.1, 0.15) is 31.4 Å². The first kappa shape index (κ1) is 18.1. The van der Waals surface area contributed by atoms with Gasteiger partial charge in [0.1, 0.15) is 0 Å². The first-order valence-corrected chi connectivity index (χ1v) is 17.0. The van der Waals surface area contributed by atoms with Crippen LogP contribution in [0.4, 0.5) is 0 Å². The molecule has 128 valence electrons. The SMILES string of the molecule is CCC1=C(c2ccsc2)C(c2ccsc2)=C([Si](C)(C)CC)[Si]1(C)C. The van der Waals surface area contributed by atoms with E-state index in [4.69, 9.17) is 0 Å². The zero-order valence-electron chi connectivity index (χ0n) is 15.7. The van der Waals surface area contributed by atoms with Gasteiger partial charge in [0.2, 0.25) is 0 Å². The Morgan fingerprint density at radius 2 is 1.46 bits per heavy atom. The molecule has 0 saturated heterocycles. The molecule has 3 heterocycles. The second-order valence-corrected chi connectivity index (χ2v) is 19.2. The zero-order valence-corrected chi connectivity index (χ0v) is 19.3. The van der Waals surface area contributed by atoms with Gasteiger partial charge >= 0.3 is 0 Å². The average molecular weight is 389 g/mol. The molecule has 0 N–H and O–H groups in total. The van der Waals surface area contributed by atoms with Crippen LogP contribution < -0.4 is 0 Å². The molecular formula is C20H28S2Si2. The van der Waals surface area contributed by atoms with Gasteiger partial charge in [-0.3, -0.25) is 0 Å². The summed E-state index contributed by atoms with van der Waals surface area (Å²) in [6, 6.07) is 6.01. The van der Waals surface area contributed by atoms with Crippen LogP contribution in [0.5, 0.6) is 0 Å². The number of thiophene rings is 2. The largest absolute Gasteiger partial charge is 0.152 e. The molecule has 0 amide bonds. The predicted molar refractivity (Wildman–Crippen MR) is 118 cm³/mol. The summed E-state index contributed by atoms with van der Waals surface area (Å²) in [4.78, 5) is 1.90. The van der Waals surface area contributed by atoms with E-state index in [2.05, 4.69) is 73.7 Å². The summed E-state index contributed by atoms with van der Waals surface area (Å²) in [5, 5.41) is 11.0. The summed E-state index contributed by atoms with van der Waals surface area (Å²) in [5.41, 5.74) is 6.14. The molecule has 0 radical (unpaired) electrons. The molecule has 3 rings (SSSR count). The third-order valence-electron chi connectivity index (χ3n) is 5.72. The van der Waals surface area contributed by atoms with Crippen LogP contribution in [0.3, 0.4) is 0 Å². The summed E-state index contributed by atoms with van der Waals surface area (Å²) in [6.45, 7) is 15.2. The second kappa shape index (κ2) is 6.56. The zero-order chi connectivity index (χ0) is 17.5. The molecule has 24 heavy (non-hydrogen) atoms. The molecule has 0 aliphatic carbocycles. The molecular weight excluding hydrogens is 361 g/mol. The molecule has 0 aromatic carbocycles. The number of hydrogen-bond donors (Lipinski definition) is 0. The molecule has 2 aromatic rings. The van der Waals surface area contributed by atoms with Crippen molar-refractivity contribution in [3.8, 4) is 0 Å². The molecule has 0 bridgehead atoms. The maximum absolute atomic E-state index is 2.61. The van der Waals surface area contributed by atoms with Crippen LogP contribution in [0, 0.1) is 0 Å². The van der Waals surface area contributed by atoms with E-state index in [0.717, 1.165) is 0 Å². The summed E-state index contributed by atoms with van der Waals surface area (Å²) in [5.74, 6) is 0. The Morgan fingerprint density at radius 1 is 0.917 bits per heavy atom. The fourth-order valence-corrected chi connectivity index (χ4v) is 17.8. The van der Waals surface area contributed by atoms with Gasteiger partial charge in [0.25, 0.3) is 0 Å². The van der Waals surface area contributed by atoms with Crippen molar-refractivity contribution in [2.24, 2.45) is 0 Å². The van der Waals surface area contributed by atoms with Crippen molar-refractivity contribution in [2.75, 3.05) is 0 Å². The van der Waals surface area contributed by atoms with Crippen molar-refractivity contribution in [1.29, 1.82) is 0 Å². The van der Waals surface area contributed by atoms with Gasteiger partial charge in [-0.1, -0.05) is 56.1 Å². The molecule has 1 aliphatic rings. The van der Waals surface area contributed by atoms with E-state index < -0.39 is 16.1 Å². The molecule has 1 aliphatic heterocycles. The lowest BCUT2D eigenvalue weighted by Crippen LogP contribution is -2.44. The number of rotatable bonds is 5. The van der Waals surface area contributed by atoms with Crippen molar-refractivity contribution in [1.82, 2.24) is 0 Å². The molecule has 0 fully saturated rings. The van der Waals surface area contributed by atoms with E-state index >= 15 is 0 Å². The number of hydrogen-bond acceptors (Lipinski definition) is 2. The lowest BCUT2D eigenvalue weighted by Gasteiger charge is -2.35. The molecule has 2 aromatic heterocycles. The van der Waals surface area contributed by atoms with E-state index in [-0.39, 0.29) is 0 Å². The molecule has 0 atom stereocenters. The second-order valence-electron chi connectivity index (χ2n) is 7.84. The fraction of sp³-hybridized carbons (Fsp3) is 0.400. The summed E-state index contributed by atoms with van der Waals surface area (Å²) < 4.78 is 0. The van der Waals surface area contributed by atoms with Gasteiger partial charge in [0.05, 0.1) is 16.1 Å². The number of allylic oxidation sites excluding steroid dienone is 3. The van der Waals surface area contributed by atoms with Crippen molar-refractivity contribution >= 4 is 50.0 Å². The Bertz CT molecular complexity index is 776. The van der Waals surface area contributed by atoms with Gasteiger partial charge in [-0.15, -0.1) is 0 Å². The molecule has 0 unspecified atom stereocenters. The van der Waals surface area contributed by atoms with E-state index in [1.807, 2.05) is 27.5 Å². The normalized spacial score (nSPS) is 17.9. The third-order valence-corrected chi connectivity index (χ3v) is 18.0. The van der Waals surface area contributed by atoms with Crippen LogP contribution in [0.2, 0.25) is 32.2 Å². The molecule has 0 spiro atoms. The van der Waals surface area contributed by atoms with Crippen LogP contribution in [0.15, 0.2) is 43.7 Å². The van der Waals surface area contributed by atoms with Crippen LogP contribution >= 0.6 is 22.7 Å². The van der Waals surface area contributed by atoms with Crippen LogP contribution in [0.25, 0.3) is 11.1 Å². The summed E-state index contributed by atoms with van der Waals surface area (Å²) in [7, 11) is -2.97. The van der Waals surface area contributed by atoms with Gasteiger partial charge < -0.3 is 0 Å². The minimum Gasteiger partial charge on any atom is -0.152 e. The predicted octanol–water partition coefficient (Wildman–Crippen LogP) is 7.49. The smallest absolute Gasteiger partial charge is 0.1000 e. The van der Waals surface area contributed by atoms with Crippen molar-refractivity contribution in [3.05, 3.63) is 54.8 Å². The topological polar surface area (TPSA) is 0 Å². The van der Waals surface area contributed by atoms with Crippen LogP contribution in [-0.4, -0.2) is 16.1 Å². The van der Waals surface area contributed by atoms with Gasteiger partial charge in [0, 0.05) is 0 Å². The van der Waals surface area contributed by atoms with Gasteiger partial charge in [-0.25, -0.2) is 0 Å². The Kier molecular flexibility index (Phi) is 4.95. The fourth-order valence-electron chi connectivity index (χ4n) is 4.45. The Morgan fingerprint density at radius 3 is 1.88 bits per heavy atom. The van der Waals surface area contributed by atoms with Crippen molar-refractivity contribution < 1.29 is 0 Å². The third kappa shape index (κ3) is 2.77. The standard InChI is InChI=1S/C20H28S2Si2/c1-7-17-18(15-9-11-21-13-15)19(16-10-12-22-14-16)20(24(17,5)6)23(3,4)8-2/h9-14H,7-8H2,1-6H3. The van der Waals surface area contributed by atoms with Crippen LogP contribution in [-0.2, 0) is 0 Å². The maximum Gasteiger partial charge on any atom is 0.1000 e. The van der Waals surface area contributed by atoms with Gasteiger partial charge in [-0.05, 0) is 62.3 Å². The highest BCUT2D eigenvalue weighted by molar-refractivity contribution is 7.12. The van der Waals surface area contributed by atoms with E-state index in [9.17, 15) is 0 Å². The summed E-state index contributed by atoms with van der Waals surface area (Å²) in [6.07, 6.45) is 1.19. The highest BCUT2D eigenvalue weighted by atomic mass is 32.1. The van der Waals surface area contributed by atoms with E-state index in [0.29, 0.717) is 0 Å². The minimum absolute atomic E-state index is 1.19. The highest BCUT2D eigenvalue weighted by Gasteiger charge is 2.47. The Hall–Kier alpha value is -0.686. The van der Waals surface area contributed by atoms with Gasteiger partial charge in [-0.2, -0.15) is 22.7 Å². The van der Waals surface area contributed by atoms with Crippen molar-refractivity contribution in [2.45, 2.75) is 52.5 Å². The monoisotopic (exact) mass is 388 g/mol. The van der Waals surface area contributed by atoms with Crippen molar-refractivity contribution in [3.63, 3.8) is 0 Å². The average Bonchev–Trinajstić information content (AvgIpc) is 3.25.